The van der Waals surface area contributed by atoms with Gasteiger partial charge in [0.05, 0.1) is 0 Å². The Kier molecular flexibility index (Phi) is 5.35. The van der Waals surface area contributed by atoms with Crippen molar-refractivity contribution in [2.75, 3.05) is 0 Å². The van der Waals surface area contributed by atoms with Crippen molar-refractivity contribution in [1.82, 2.24) is 0 Å². The third kappa shape index (κ3) is 4.81. The molecule has 0 bridgehead atoms. The predicted molar refractivity (Wildman–Crippen MR) is 64.8 cm³/mol. The van der Waals surface area contributed by atoms with Crippen molar-refractivity contribution >= 4 is 5.78 Å². The smallest absolute Gasteiger partial charge is 0.133 e. The molecular formula is C14H26O. The van der Waals surface area contributed by atoms with Crippen LogP contribution in [0, 0.1) is 17.8 Å². The van der Waals surface area contributed by atoms with Gasteiger partial charge in [-0.2, -0.15) is 0 Å². The van der Waals surface area contributed by atoms with Crippen molar-refractivity contribution in [2.24, 2.45) is 17.8 Å². The summed E-state index contributed by atoms with van der Waals surface area (Å²) < 4.78 is 0. The van der Waals surface area contributed by atoms with Gasteiger partial charge in [0.2, 0.25) is 0 Å². The summed E-state index contributed by atoms with van der Waals surface area (Å²) in [6.45, 7) is 6.55. The highest BCUT2D eigenvalue weighted by atomic mass is 16.1. The largest absolute Gasteiger partial charge is 0.300 e. The van der Waals surface area contributed by atoms with Gasteiger partial charge in [-0.15, -0.1) is 0 Å². The number of ketones is 1. The van der Waals surface area contributed by atoms with E-state index in [1.807, 2.05) is 0 Å². The van der Waals surface area contributed by atoms with E-state index in [1.54, 1.807) is 0 Å². The zero-order valence-corrected chi connectivity index (χ0v) is 10.6. The van der Waals surface area contributed by atoms with Crippen molar-refractivity contribution in [3.05, 3.63) is 0 Å². The van der Waals surface area contributed by atoms with Crippen molar-refractivity contribution in [3.8, 4) is 0 Å². The average molecular weight is 210 g/mol. The number of hydrogen-bond donors (Lipinski definition) is 0. The van der Waals surface area contributed by atoms with Crippen molar-refractivity contribution in [2.45, 2.75) is 65.7 Å². The molecular weight excluding hydrogens is 184 g/mol. The minimum Gasteiger partial charge on any atom is -0.300 e. The molecule has 15 heavy (non-hydrogen) atoms. The number of Topliss-reactive ketones (excluding diaryl/α,β-unsaturated/α-hetero) is 1. The average Bonchev–Trinajstić information content (AvgIpc) is 2.17. The number of carbonyl (C=O) groups excluding carboxylic acids is 1. The molecule has 1 heteroatoms. The first kappa shape index (κ1) is 12.7. The molecule has 1 nitrogen and oxygen atoms in total. The Morgan fingerprint density at radius 1 is 1.13 bits per heavy atom. The predicted octanol–water partition coefficient (Wildman–Crippen LogP) is 4.21. The zero-order valence-electron chi connectivity index (χ0n) is 10.6. The lowest BCUT2D eigenvalue weighted by atomic mass is 9.78. The maximum Gasteiger partial charge on any atom is 0.133 e. The SMILES string of the molecule is CCC1CCC(CC(=O)CC(C)C)CC1. The Morgan fingerprint density at radius 3 is 2.13 bits per heavy atom. The molecule has 0 spiro atoms. The normalized spacial score (nSPS) is 26.9. The molecule has 1 aliphatic carbocycles. The van der Waals surface area contributed by atoms with Crippen LogP contribution in [0.4, 0.5) is 0 Å². The minimum atomic E-state index is 0.491. The monoisotopic (exact) mass is 210 g/mol. The van der Waals surface area contributed by atoms with Gasteiger partial charge in [-0.3, -0.25) is 4.79 Å². The number of rotatable bonds is 5. The molecule has 0 N–H and O–H groups in total. The second kappa shape index (κ2) is 6.30. The van der Waals surface area contributed by atoms with E-state index in [9.17, 15) is 4.79 Å². The van der Waals surface area contributed by atoms with Gasteiger partial charge in [0.25, 0.3) is 0 Å². The third-order valence-electron chi connectivity index (χ3n) is 3.70. The van der Waals surface area contributed by atoms with Crippen LogP contribution in [-0.4, -0.2) is 5.78 Å². The first-order valence-corrected chi connectivity index (χ1v) is 6.63. The lowest BCUT2D eigenvalue weighted by Crippen LogP contribution is -2.17. The van der Waals surface area contributed by atoms with Gasteiger partial charge in [0.15, 0.2) is 0 Å². The van der Waals surface area contributed by atoms with E-state index in [4.69, 9.17) is 0 Å². The summed E-state index contributed by atoms with van der Waals surface area (Å²) in [5, 5.41) is 0. The second-order valence-electron chi connectivity index (χ2n) is 5.64. The Labute approximate surface area is 94.6 Å². The quantitative estimate of drug-likeness (QED) is 0.664. The summed E-state index contributed by atoms with van der Waals surface area (Å²) in [4.78, 5) is 11.7. The molecule has 1 fully saturated rings. The van der Waals surface area contributed by atoms with Gasteiger partial charge in [0.1, 0.15) is 5.78 Å². The molecule has 0 unspecified atom stereocenters. The molecule has 0 saturated heterocycles. The molecule has 0 amide bonds. The van der Waals surface area contributed by atoms with Crippen LogP contribution in [0.3, 0.4) is 0 Å². The molecule has 0 atom stereocenters. The first-order valence-electron chi connectivity index (χ1n) is 6.63. The highest BCUT2D eigenvalue weighted by Crippen LogP contribution is 2.32. The van der Waals surface area contributed by atoms with E-state index >= 15 is 0 Å². The van der Waals surface area contributed by atoms with Crippen LogP contribution in [-0.2, 0) is 4.79 Å². The maximum absolute atomic E-state index is 11.7. The fourth-order valence-corrected chi connectivity index (χ4v) is 2.70. The molecule has 0 heterocycles. The standard InChI is InChI=1S/C14H26O/c1-4-12-5-7-13(8-6-12)10-14(15)9-11(2)3/h11-13H,4-10H2,1-3H3. The van der Waals surface area contributed by atoms with Crippen LogP contribution in [0.25, 0.3) is 0 Å². The van der Waals surface area contributed by atoms with Gasteiger partial charge >= 0.3 is 0 Å². The second-order valence-corrected chi connectivity index (χ2v) is 5.64. The van der Waals surface area contributed by atoms with Crippen LogP contribution >= 0.6 is 0 Å². The number of hydrogen-bond acceptors (Lipinski definition) is 1. The van der Waals surface area contributed by atoms with Crippen molar-refractivity contribution in [3.63, 3.8) is 0 Å². The fourth-order valence-electron chi connectivity index (χ4n) is 2.70. The van der Waals surface area contributed by atoms with E-state index in [0.717, 1.165) is 18.8 Å². The highest BCUT2D eigenvalue weighted by Gasteiger charge is 2.21. The molecule has 0 aliphatic heterocycles. The molecule has 1 saturated carbocycles. The zero-order chi connectivity index (χ0) is 11.3. The fraction of sp³-hybridized carbons (Fsp3) is 0.929. The Balaban J connectivity index is 2.20. The molecule has 0 radical (unpaired) electrons. The molecule has 1 aliphatic rings. The Hall–Kier alpha value is -0.330. The Bertz CT molecular complexity index is 188. The van der Waals surface area contributed by atoms with Gasteiger partial charge in [-0.25, -0.2) is 0 Å². The van der Waals surface area contributed by atoms with Crippen LogP contribution in [0.15, 0.2) is 0 Å². The highest BCUT2D eigenvalue weighted by molar-refractivity contribution is 5.78. The van der Waals surface area contributed by atoms with Gasteiger partial charge in [0, 0.05) is 12.8 Å². The Morgan fingerprint density at radius 2 is 1.67 bits per heavy atom. The van der Waals surface area contributed by atoms with Crippen LogP contribution in [0.5, 0.6) is 0 Å². The van der Waals surface area contributed by atoms with Gasteiger partial charge in [-0.05, 0) is 30.6 Å². The third-order valence-corrected chi connectivity index (χ3v) is 3.70. The summed E-state index contributed by atoms with van der Waals surface area (Å²) in [5.74, 6) is 2.68. The molecule has 0 aromatic carbocycles. The summed E-state index contributed by atoms with van der Waals surface area (Å²) >= 11 is 0. The molecule has 0 aromatic rings. The van der Waals surface area contributed by atoms with E-state index < -0.39 is 0 Å². The lowest BCUT2D eigenvalue weighted by molar-refractivity contribution is -0.120. The van der Waals surface area contributed by atoms with Gasteiger partial charge < -0.3 is 0 Å². The van der Waals surface area contributed by atoms with Crippen LogP contribution in [0.1, 0.15) is 65.7 Å². The van der Waals surface area contributed by atoms with E-state index in [-0.39, 0.29) is 0 Å². The molecule has 0 aromatic heterocycles. The van der Waals surface area contributed by atoms with Crippen LogP contribution < -0.4 is 0 Å². The first-order chi connectivity index (χ1) is 7.11. The van der Waals surface area contributed by atoms with E-state index in [2.05, 4.69) is 20.8 Å². The number of carbonyl (C=O) groups is 1. The topological polar surface area (TPSA) is 17.1 Å². The maximum atomic E-state index is 11.7. The van der Waals surface area contributed by atoms with Crippen LogP contribution in [0.2, 0.25) is 0 Å². The summed E-state index contributed by atoms with van der Waals surface area (Å²) in [6.07, 6.45) is 8.27. The lowest BCUT2D eigenvalue weighted by Gasteiger charge is -2.27. The van der Waals surface area contributed by atoms with Crippen molar-refractivity contribution < 1.29 is 4.79 Å². The summed E-state index contributed by atoms with van der Waals surface area (Å²) in [6, 6.07) is 0. The minimum absolute atomic E-state index is 0.491. The summed E-state index contributed by atoms with van der Waals surface area (Å²) in [5.41, 5.74) is 0. The van der Waals surface area contributed by atoms with E-state index in [1.165, 1.54) is 32.1 Å². The summed E-state index contributed by atoms with van der Waals surface area (Å²) in [7, 11) is 0. The molecule has 1 rings (SSSR count). The van der Waals surface area contributed by atoms with E-state index in [0.29, 0.717) is 17.6 Å². The van der Waals surface area contributed by atoms with Gasteiger partial charge in [-0.1, -0.05) is 40.0 Å². The molecule has 88 valence electrons. The van der Waals surface area contributed by atoms with Crippen molar-refractivity contribution in [1.29, 1.82) is 0 Å².